The van der Waals surface area contributed by atoms with Gasteiger partial charge in [-0.1, -0.05) is 58.8 Å². The molecule has 0 spiro atoms. The molecule has 4 fully saturated rings. The Kier molecular flexibility index (Phi) is 4.33. The lowest BCUT2D eigenvalue weighted by Gasteiger charge is -2.51. The molecule has 0 aromatic heterocycles. The molecule has 0 heteroatoms. The molecule has 4 saturated carbocycles. The van der Waals surface area contributed by atoms with E-state index >= 15 is 0 Å². The highest BCUT2D eigenvalue weighted by molar-refractivity contribution is 5.00. The average Bonchev–Trinajstić information content (AvgIpc) is 3.00. The third-order valence-corrected chi connectivity index (χ3v) is 9.13. The van der Waals surface area contributed by atoms with Gasteiger partial charge in [0.15, 0.2) is 0 Å². The first-order valence-corrected chi connectivity index (χ1v) is 10.7. The number of rotatable bonds is 3. The van der Waals surface area contributed by atoms with Crippen molar-refractivity contribution in [2.45, 2.75) is 97.3 Å². The molecule has 4 rings (SSSR count). The third kappa shape index (κ3) is 2.48. The maximum absolute atomic E-state index is 2.68. The highest BCUT2D eigenvalue weighted by atomic mass is 14.5. The summed E-state index contributed by atoms with van der Waals surface area (Å²) in [4.78, 5) is 0. The normalized spacial score (nSPS) is 45.3. The fourth-order valence-corrected chi connectivity index (χ4v) is 7.86. The molecule has 0 bridgehead atoms. The summed E-state index contributed by atoms with van der Waals surface area (Å²) in [5.41, 5.74) is 0.725. The van der Waals surface area contributed by atoms with Crippen LogP contribution < -0.4 is 0 Å². The Labute approximate surface area is 138 Å². The minimum Gasteiger partial charge on any atom is -0.0648 e. The van der Waals surface area contributed by atoms with Gasteiger partial charge in [-0.25, -0.2) is 0 Å². The third-order valence-electron chi connectivity index (χ3n) is 9.13. The van der Waals surface area contributed by atoms with E-state index in [1.165, 1.54) is 31.6 Å². The second-order valence-corrected chi connectivity index (χ2v) is 9.66. The van der Waals surface area contributed by atoms with Crippen LogP contribution >= 0.6 is 0 Å². The first kappa shape index (κ1) is 15.5. The molecule has 0 amide bonds. The van der Waals surface area contributed by atoms with Gasteiger partial charge in [0.1, 0.15) is 0 Å². The first-order chi connectivity index (χ1) is 10.7. The van der Waals surface area contributed by atoms with E-state index in [1.807, 2.05) is 0 Å². The van der Waals surface area contributed by atoms with Gasteiger partial charge >= 0.3 is 0 Å². The van der Waals surface area contributed by atoms with E-state index in [-0.39, 0.29) is 0 Å². The van der Waals surface area contributed by atoms with Crippen LogP contribution in [0.3, 0.4) is 0 Å². The highest BCUT2D eigenvalue weighted by Crippen LogP contribution is 2.59. The molecule has 0 nitrogen and oxygen atoms in total. The molecular formula is C22H38. The molecular weight excluding hydrogens is 264 g/mol. The fourth-order valence-electron chi connectivity index (χ4n) is 7.86. The van der Waals surface area contributed by atoms with Crippen LogP contribution in [0.25, 0.3) is 0 Å². The molecule has 6 unspecified atom stereocenters. The molecule has 0 heterocycles. The summed E-state index contributed by atoms with van der Waals surface area (Å²) < 4.78 is 0. The smallest absolute Gasteiger partial charge is 0.0272 e. The summed E-state index contributed by atoms with van der Waals surface area (Å²) in [5.74, 6) is 6.65. The van der Waals surface area contributed by atoms with Crippen molar-refractivity contribution in [3.8, 4) is 0 Å². The van der Waals surface area contributed by atoms with Gasteiger partial charge in [0, 0.05) is 0 Å². The van der Waals surface area contributed by atoms with Crippen molar-refractivity contribution in [2.24, 2.45) is 40.9 Å². The van der Waals surface area contributed by atoms with Gasteiger partial charge in [0.05, 0.1) is 0 Å². The van der Waals surface area contributed by atoms with Crippen molar-refractivity contribution >= 4 is 0 Å². The van der Waals surface area contributed by atoms with E-state index < -0.39 is 0 Å². The van der Waals surface area contributed by atoms with Crippen LogP contribution in [0, 0.1) is 40.9 Å². The Balaban J connectivity index is 1.50. The Hall–Kier alpha value is 0. The lowest BCUT2D eigenvalue weighted by molar-refractivity contribution is -0.0108. The fraction of sp³-hybridized carbons (Fsp3) is 1.00. The highest BCUT2D eigenvalue weighted by Gasteiger charge is 2.50. The molecule has 0 aliphatic heterocycles. The minimum atomic E-state index is 0.725. The Morgan fingerprint density at radius 3 is 2.18 bits per heavy atom. The summed E-state index contributed by atoms with van der Waals surface area (Å²) in [6.45, 7) is 5.18. The maximum atomic E-state index is 2.68. The zero-order chi connectivity index (χ0) is 15.2. The largest absolute Gasteiger partial charge is 0.0648 e. The van der Waals surface area contributed by atoms with E-state index in [9.17, 15) is 0 Å². The van der Waals surface area contributed by atoms with Gasteiger partial charge in [-0.15, -0.1) is 0 Å². The van der Waals surface area contributed by atoms with Crippen LogP contribution in [0.15, 0.2) is 0 Å². The monoisotopic (exact) mass is 302 g/mol. The summed E-state index contributed by atoms with van der Waals surface area (Å²) >= 11 is 0. The average molecular weight is 303 g/mol. The molecule has 0 aromatic carbocycles. The standard InChI is InChI=1S/C22H38/c1-3-22(12-5-4-6-13-22)16(2)20-14-18-9-7-8-17-10-11-19(15-20)21(17)18/h16-21H,3-15H2,1-2H3. The predicted octanol–water partition coefficient (Wildman–Crippen LogP) is 6.84. The van der Waals surface area contributed by atoms with Crippen LogP contribution in [-0.4, -0.2) is 0 Å². The molecule has 0 aromatic rings. The lowest BCUT2D eigenvalue weighted by Crippen LogP contribution is -2.42. The summed E-state index contributed by atoms with van der Waals surface area (Å²) in [6, 6.07) is 0. The van der Waals surface area contributed by atoms with Crippen molar-refractivity contribution in [2.75, 3.05) is 0 Å². The Bertz CT molecular complexity index is 377. The van der Waals surface area contributed by atoms with E-state index in [1.54, 1.807) is 57.8 Å². The van der Waals surface area contributed by atoms with Crippen LogP contribution in [0.2, 0.25) is 0 Å². The van der Waals surface area contributed by atoms with Gasteiger partial charge in [-0.05, 0) is 79.4 Å². The van der Waals surface area contributed by atoms with E-state index in [0.717, 1.165) is 35.0 Å². The van der Waals surface area contributed by atoms with E-state index in [0.29, 0.717) is 0 Å². The zero-order valence-corrected chi connectivity index (χ0v) is 15.2. The van der Waals surface area contributed by atoms with Gasteiger partial charge in [-0.2, -0.15) is 0 Å². The Morgan fingerprint density at radius 2 is 1.45 bits per heavy atom. The van der Waals surface area contributed by atoms with Crippen molar-refractivity contribution < 1.29 is 0 Å². The van der Waals surface area contributed by atoms with Gasteiger partial charge in [-0.3, -0.25) is 0 Å². The summed E-state index contributed by atoms with van der Waals surface area (Å²) in [5, 5.41) is 0. The molecule has 0 radical (unpaired) electrons. The summed E-state index contributed by atoms with van der Waals surface area (Å²) in [7, 11) is 0. The topological polar surface area (TPSA) is 0 Å². The zero-order valence-electron chi connectivity index (χ0n) is 15.2. The van der Waals surface area contributed by atoms with Crippen LogP contribution in [-0.2, 0) is 0 Å². The molecule has 6 atom stereocenters. The molecule has 4 aliphatic rings. The van der Waals surface area contributed by atoms with E-state index in [2.05, 4.69) is 13.8 Å². The molecule has 22 heavy (non-hydrogen) atoms. The van der Waals surface area contributed by atoms with Crippen molar-refractivity contribution in [1.82, 2.24) is 0 Å². The van der Waals surface area contributed by atoms with Gasteiger partial charge in [0.25, 0.3) is 0 Å². The quantitative estimate of drug-likeness (QED) is 0.535. The minimum absolute atomic E-state index is 0.725. The van der Waals surface area contributed by atoms with E-state index in [4.69, 9.17) is 0 Å². The first-order valence-electron chi connectivity index (χ1n) is 10.7. The Morgan fingerprint density at radius 1 is 0.818 bits per heavy atom. The lowest BCUT2D eigenvalue weighted by atomic mass is 9.54. The SMILES string of the molecule is CCC1(C(C)C2CC3CCCC4CCC(C2)C43)CCCCC1. The van der Waals surface area contributed by atoms with Crippen molar-refractivity contribution in [3.05, 3.63) is 0 Å². The molecule has 0 N–H and O–H groups in total. The van der Waals surface area contributed by atoms with Gasteiger partial charge < -0.3 is 0 Å². The molecule has 0 saturated heterocycles. The number of hydrogen-bond acceptors (Lipinski definition) is 0. The van der Waals surface area contributed by atoms with Gasteiger partial charge in [0.2, 0.25) is 0 Å². The second kappa shape index (κ2) is 6.14. The van der Waals surface area contributed by atoms with Crippen LogP contribution in [0.4, 0.5) is 0 Å². The molecule has 4 aliphatic carbocycles. The number of hydrogen-bond donors (Lipinski definition) is 0. The van der Waals surface area contributed by atoms with Crippen molar-refractivity contribution in [3.63, 3.8) is 0 Å². The summed E-state index contributed by atoms with van der Waals surface area (Å²) in [6.07, 6.45) is 20.2. The second-order valence-electron chi connectivity index (χ2n) is 9.66. The van der Waals surface area contributed by atoms with Crippen LogP contribution in [0.5, 0.6) is 0 Å². The predicted molar refractivity (Wildman–Crippen MR) is 94.7 cm³/mol. The van der Waals surface area contributed by atoms with Crippen LogP contribution in [0.1, 0.15) is 97.3 Å². The molecule has 126 valence electrons. The maximum Gasteiger partial charge on any atom is -0.0272 e. The van der Waals surface area contributed by atoms with Crippen molar-refractivity contribution in [1.29, 1.82) is 0 Å².